The SMILES string of the molecule is Cc1cccc([N+](=O)[O-])c1NCC(O)CCl. The van der Waals surface area contributed by atoms with Crippen molar-refractivity contribution in [2.75, 3.05) is 17.7 Å². The van der Waals surface area contributed by atoms with Crippen LogP contribution in [0.2, 0.25) is 0 Å². The fourth-order valence-electron chi connectivity index (χ4n) is 1.31. The third kappa shape index (κ3) is 3.08. The van der Waals surface area contributed by atoms with Gasteiger partial charge in [0.15, 0.2) is 0 Å². The molecule has 1 aromatic rings. The number of nitrogens with zero attached hydrogens (tertiary/aromatic N) is 1. The Morgan fingerprint density at radius 2 is 2.31 bits per heavy atom. The lowest BCUT2D eigenvalue weighted by Gasteiger charge is -2.12. The second-order valence-electron chi connectivity index (χ2n) is 3.42. The van der Waals surface area contributed by atoms with Crippen LogP contribution in [0.15, 0.2) is 18.2 Å². The van der Waals surface area contributed by atoms with E-state index in [1.165, 1.54) is 6.07 Å². The molecule has 0 saturated carbocycles. The lowest BCUT2D eigenvalue weighted by molar-refractivity contribution is -0.384. The highest BCUT2D eigenvalue weighted by atomic mass is 35.5. The molecule has 0 heterocycles. The number of para-hydroxylation sites is 1. The summed E-state index contributed by atoms with van der Waals surface area (Å²) in [4.78, 5) is 10.3. The largest absolute Gasteiger partial charge is 0.390 e. The first-order chi connectivity index (χ1) is 7.56. The minimum Gasteiger partial charge on any atom is -0.390 e. The molecule has 6 heteroatoms. The zero-order chi connectivity index (χ0) is 12.1. The van der Waals surface area contributed by atoms with Crippen molar-refractivity contribution in [2.45, 2.75) is 13.0 Å². The van der Waals surface area contributed by atoms with E-state index >= 15 is 0 Å². The monoisotopic (exact) mass is 244 g/mol. The summed E-state index contributed by atoms with van der Waals surface area (Å²) < 4.78 is 0. The molecule has 88 valence electrons. The molecule has 16 heavy (non-hydrogen) atoms. The van der Waals surface area contributed by atoms with Gasteiger partial charge in [-0.2, -0.15) is 0 Å². The highest BCUT2D eigenvalue weighted by Crippen LogP contribution is 2.27. The number of alkyl halides is 1. The number of halogens is 1. The number of rotatable bonds is 5. The van der Waals surface area contributed by atoms with Crippen LogP contribution < -0.4 is 5.32 Å². The summed E-state index contributed by atoms with van der Waals surface area (Å²) in [6.07, 6.45) is -0.721. The maximum absolute atomic E-state index is 10.8. The van der Waals surface area contributed by atoms with Gasteiger partial charge in [0, 0.05) is 12.6 Å². The van der Waals surface area contributed by atoms with E-state index in [4.69, 9.17) is 11.6 Å². The van der Waals surface area contributed by atoms with E-state index in [9.17, 15) is 15.2 Å². The van der Waals surface area contributed by atoms with Crippen molar-refractivity contribution in [3.63, 3.8) is 0 Å². The maximum atomic E-state index is 10.8. The van der Waals surface area contributed by atoms with Crippen LogP contribution in [0, 0.1) is 17.0 Å². The predicted molar refractivity (Wildman–Crippen MR) is 63.0 cm³/mol. The highest BCUT2D eigenvalue weighted by molar-refractivity contribution is 6.18. The Labute approximate surface area is 98.2 Å². The van der Waals surface area contributed by atoms with Gasteiger partial charge in [0.25, 0.3) is 5.69 Å². The van der Waals surface area contributed by atoms with Gasteiger partial charge in [0.05, 0.1) is 16.9 Å². The molecule has 1 rings (SSSR count). The number of nitrogens with one attached hydrogen (secondary N) is 1. The highest BCUT2D eigenvalue weighted by Gasteiger charge is 2.15. The van der Waals surface area contributed by atoms with Crippen molar-refractivity contribution >= 4 is 23.0 Å². The van der Waals surface area contributed by atoms with Gasteiger partial charge in [0.2, 0.25) is 0 Å². The molecular weight excluding hydrogens is 232 g/mol. The molecule has 0 aliphatic heterocycles. The Kier molecular flexibility index (Phi) is 4.52. The van der Waals surface area contributed by atoms with Crippen molar-refractivity contribution in [1.29, 1.82) is 0 Å². The van der Waals surface area contributed by atoms with Crippen molar-refractivity contribution in [3.8, 4) is 0 Å². The number of aliphatic hydroxyl groups is 1. The van der Waals surface area contributed by atoms with Crippen LogP contribution in [-0.2, 0) is 0 Å². The minimum atomic E-state index is -0.721. The third-order valence-corrected chi connectivity index (χ3v) is 2.50. The van der Waals surface area contributed by atoms with Crippen LogP contribution in [0.3, 0.4) is 0 Å². The van der Waals surface area contributed by atoms with E-state index in [0.29, 0.717) is 5.69 Å². The van der Waals surface area contributed by atoms with Crippen molar-refractivity contribution in [3.05, 3.63) is 33.9 Å². The van der Waals surface area contributed by atoms with Crippen molar-refractivity contribution < 1.29 is 10.0 Å². The molecule has 1 unspecified atom stereocenters. The topological polar surface area (TPSA) is 75.4 Å². The van der Waals surface area contributed by atoms with Gasteiger partial charge < -0.3 is 10.4 Å². The molecule has 0 spiro atoms. The van der Waals surface area contributed by atoms with E-state index in [-0.39, 0.29) is 18.1 Å². The number of aryl methyl sites for hydroxylation is 1. The van der Waals surface area contributed by atoms with Crippen molar-refractivity contribution in [2.24, 2.45) is 0 Å². The number of aliphatic hydroxyl groups excluding tert-OH is 1. The summed E-state index contributed by atoms with van der Waals surface area (Å²) >= 11 is 5.44. The van der Waals surface area contributed by atoms with Gasteiger partial charge in [-0.1, -0.05) is 12.1 Å². The summed E-state index contributed by atoms with van der Waals surface area (Å²) in [5, 5.41) is 22.9. The molecule has 5 nitrogen and oxygen atoms in total. The first-order valence-electron chi connectivity index (χ1n) is 4.78. The van der Waals surface area contributed by atoms with Gasteiger partial charge in [0.1, 0.15) is 5.69 Å². The number of hydrogen-bond donors (Lipinski definition) is 2. The molecule has 0 aliphatic rings. The summed E-state index contributed by atoms with van der Waals surface area (Å²) in [6, 6.07) is 4.81. The van der Waals surface area contributed by atoms with Crippen molar-refractivity contribution in [1.82, 2.24) is 0 Å². The van der Waals surface area contributed by atoms with E-state index < -0.39 is 11.0 Å². The van der Waals surface area contributed by atoms with Crippen LogP contribution in [-0.4, -0.2) is 28.6 Å². The number of nitro benzene ring substituents is 1. The van der Waals surface area contributed by atoms with Crippen LogP contribution in [0.25, 0.3) is 0 Å². The molecule has 1 aromatic carbocycles. The lowest BCUT2D eigenvalue weighted by atomic mass is 10.1. The van der Waals surface area contributed by atoms with Crippen LogP contribution in [0.5, 0.6) is 0 Å². The summed E-state index contributed by atoms with van der Waals surface area (Å²) in [7, 11) is 0. The molecule has 0 fully saturated rings. The Bertz CT molecular complexity index is 384. The number of nitro groups is 1. The average molecular weight is 245 g/mol. The van der Waals surface area contributed by atoms with E-state index in [2.05, 4.69) is 5.32 Å². The fraction of sp³-hybridized carbons (Fsp3) is 0.400. The molecule has 0 aromatic heterocycles. The second-order valence-corrected chi connectivity index (χ2v) is 3.72. The molecular formula is C10H13ClN2O3. The molecule has 1 atom stereocenters. The van der Waals surface area contributed by atoms with Gasteiger partial charge in [-0.25, -0.2) is 0 Å². The predicted octanol–water partition coefficient (Wildman–Crippen LogP) is 1.91. The first kappa shape index (κ1) is 12.7. The Morgan fingerprint density at radius 1 is 1.62 bits per heavy atom. The van der Waals surface area contributed by atoms with Crippen LogP contribution in [0.4, 0.5) is 11.4 Å². The van der Waals surface area contributed by atoms with Gasteiger partial charge >= 0.3 is 0 Å². The zero-order valence-electron chi connectivity index (χ0n) is 8.81. The summed E-state index contributed by atoms with van der Waals surface area (Å²) in [6.45, 7) is 1.96. The number of anilines is 1. The minimum absolute atomic E-state index is 0.00164. The zero-order valence-corrected chi connectivity index (χ0v) is 9.57. The van der Waals surface area contributed by atoms with Crippen LogP contribution in [0.1, 0.15) is 5.56 Å². The molecule has 0 amide bonds. The second kappa shape index (κ2) is 5.67. The van der Waals surface area contributed by atoms with E-state index in [0.717, 1.165) is 5.56 Å². The van der Waals surface area contributed by atoms with Crippen LogP contribution >= 0.6 is 11.6 Å². The van der Waals surface area contributed by atoms with E-state index in [1.807, 2.05) is 0 Å². The first-order valence-corrected chi connectivity index (χ1v) is 5.31. The standard InChI is InChI=1S/C10H13ClN2O3/c1-7-3-2-4-9(13(15)16)10(7)12-6-8(14)5-11/h2-4,8,12,14H,5-6H2,1H3. The smallest absolute Gasteiger partial charge is 0.292 e. The fourth-order valence-corrected chi connectivity index (χ4v) is 1.42. The molecule has 0 saturated heterocycles. The Hall–Kier alpha value is -1.33. The number of hydrogen-bond acceptors (Lipinski definition) is 4. The normalized spacial score (nSPS) is 12.2. The molecule has 0 aliphatic carbocycles. The molecule has 0 radical (unpaired) electrons. The third-order valence-electron chi connectivity index (χ3n) is 2.14. The number of benzene rings is 1. The molecule has 2 N–H and O–H groups in total. The Balaban J connectivity index is 2.88. The Morgan fingerprint density at radius 3 is 2.88 bits per heavy atom. The van der Waals surface area contributed by atoms with Gasteiger partial charge in [-0.05, 0) is 12.5 Å². The lowest BCUT2D eigenvalue weighted by Crippen LogP contribution is -2.21. The quantitative estimate of drug-likeness (QED) is 0.471. The average Bonchev–Trinajstić information content (AvgIpc) is 2.26. The molecule has 0 bridgehead atoms. The summed E-state index contributed by atoms with van der Waals surface area (Å²) in [5.41, 5.74) is 1.19. The maximum Gasteiger partial charge on any atom is 0.292 e. The van der Waals surface area contributed by atoms with Gasteiger partial charge in [-0.15, -0.1) is 11.6 Å². The van der Waals surface area contributed by atoms with E-state index in [1.54, 1.807) is 19.1 Å². The summed E-state index contributed by atoms with van der Waals surface area (Å²) in [5.74, 6) is 0.0900. The van der Waals surface area contributed by atoms with Gasteiger partial charge in [-0.3, -0.25) is 10.1 Å².